The maximum Gasteiger partial charge on any atom is 0.387 e. The van der Waals surface area contributed by atoms with E-state index >= 15 is 0 Å². The molecule has 0 unspecified atom stereocenters. The van der Waals surface area contributed by atoms with Gasteiger partial charge in [0.15, 0.2) is 0 Å². The van der Waals surface area contributed by atoms with Crippen LogP contribution in [0.25, 0.3) is 0 Å². The van der Waals surface area contributed by atoms with E-state index in [4.69, 9.17) is 0 Å². The predicted octanol–water partition coefficient (Wildman–Crippen LogP) is 3.55. The molecule has 0 aromatic heterocycles. The summed E-state index contributed by atoms with van der Waals surface area (Å²) in [4.78, 5) is 20.1. The molecule has 9 nitrogen and oxygen atoms in total. The van der Waals surface area contributed by atoms with Gasteiger partial charge in [-0.2, -0.15) is 13.9 Å². The van der Waals surface area contributed by atoms with Gasteiger partial charge in [-0.3, -0.25) is 25.7 Å². The van der Waals surface area contributed by atoms with Gasteiger partial charge < -0.3 is 4.74 Å². The van der Waals surface area contributed by atoms with E-state index in [0.29, 0.717) is 0 Å². The molecule has 130 valence electrons. The third kappa shape index (κ3) is 4.67. The summed E-state index contributed by atoms with van der Waals surface area (Å²) in [5.74, 6) is -0.124. The van der Waals surface area contributed by atoms with E-state index in [1.165, 1.54) is 18.2 Å². The number of nitrogens with zero attached hydrogens (tertiary/aromatic N) is 3. The minimum atomic E-state index is -3.02. The SMILES string of the molecule is O=[N+]([O-])c1ccc(N/N=C/c2ccccc2OC(F)F)c([N+](=O)[O-])c1. The highest BCUT2D eigenvalue weighted by atomic mass is 19.3. The number of hydrazone groups is 1. The number of para-hydroxylation sites is 1. The minimum Gasteiger partial charge on any atom is -0.434 e. The summed E-state index contributed by atoms with van der Waals surface area (Å²) in [6, 6.07) is 8.78. The van der Waals surface area contributed by atoms with Crippen LogP contribution in [0.15, 0.2) is 47.6 Å². The van der Waals surface area contributed by atoms with E-state index < -0.39 is 27.8 Å². The number of anilines is 1. The molecule has 0 fully saturated rings. The maximum absolute atomic E-state index is 12.3. The average Bonchev–Trinajstić information content (AvgIpc) is 2.55. The summed E-state index contributed by atoms with van der Waals surface area (Å²) in [5, 5.41) is 25.4. The van der Waals surface area contributed by atoms with Crippen molar-refractivity contribution in [3.63, 3.8) is 0 Å². The number of hydrogen-bond acceptors (Lipinski definition) is 7. The molecule has 2 aromatic rings. The molecule has 0 aliphatic carbocycles. The molecular formula is C14H10F2N4O5. The molecule has 0 saturated heterocycles. The Morgan fingerprint density at radius 3 is 2.48 bits per heavy atom. The second-order valence-corrected chi connectivity index (χ2v) is 4.50. The molecule has 2 rings (SSSR count). The van der Waals surface area contributed by atoms with Crippen LogP contribution in [0, 0.1) is 20.2 Å². The molecule has 25 heavy (non-hydrogen) atoms. The van der Waals surface area contributed by atoms with Crippen LogP contribution in [0.5, 0.6) is 5.75 Å². The van der Waals surface area contributed by atoms with Crippen LogP contribution in [0.2, 0.25) is 0 Å². The van der Waals surface area contributed by atoms with Gasteiger partial charge in [0.2, 0.25) is 0 Å². The quantitative estimate of drug-likeness (QED) is 0.462. The first-order chi connectivity index (χ1) is 11.9. The highest BCUT2D eigenvalue weighted by Gasteiger charge is 2.19. The summed E-state index contributed by atoms with van der Waals surface area (Å²) in [6.07, 6.45) is 1.13. The number of rotatable bonds is 7. The van der Waals surface area contributed by atoms with Crippen LogP contribution in [-0.4, -0.2) is 22.7 Å². The van der Waals surface area contributed by atoms with E-state index in [9.17, 15) is 29.0 Å². The van der Waals surface area contributed by atoms with Crippen molar-refractivity contribution in [3.8, 4) is 5.75 Å². The average molecular weight is 352 g/mol. The normalized spacial score (nSPS) is 10.8. The van der Waals surface area contributed by atoms with E-state index in [-0.39, 0.29) is 17.0 Å². The first-order valence-electron chi connectivity index (χ1n) is 6.64. The van der Waals surface area contributed by atoms with E-state index in [1.54, 1.807) is 6.07 Å². The largest absolute Gasteiger partial charge is 0.434 e. The van der Waals surface area contributed by atoms with Gasteiger partial charge in [0.05, 0.1) is 22.1 Å². The first kappa shape index (κ1) is 17.7. The Morgan fingerprint density at radius 1 is 1.12 bits per heavy atom. The Labute approximate surface area is 138 Å². The summed E-state index contributed by atoms with van der Waals surface area (Å²) in [6.45, 7) is -3.02. The molecule has 2 aromatic carbocycles. The van der Waals surface area contributed by atoms with Gasteiger partial charge in [-0.15, -0.1) is 0 Å². The molecule has 0 aliphatic rings. The topological polar surface area (TPSA) is 120 Å². The Bertz CT molecular complexity index is 829. The van der Waals surface area contributed by atoms with Crippen molar-refractivity contribution in [2.45, 2.75) is 6.61 Å². The Hall–Kier alpha value is -3.63. The molecule has 0 spiro atoms. The van der Waals surface area contributed by atoms with E-state index in [0.717, 1.165) is 24.4 Å². The lowest BCUT2D eigenvalue weighted by molar-refractivity contribution is -0.393. The second-order valence-electron chi connectivity index (χ2n) is 4.50. The molecule has 0 atom stereocenters. The summed E-state index contributed by atoms with van der Waals surface area (Å²) in [5.41, 5.74) is 1.46. The van der Waals surface area contributed by atoms with Crippen LogP contribution in [-0.2, 0) is 0 Å². The molecule has 0 bridgehead atoms. The summed E-state index contributed by atoms with van der Waals surface area (Å²) < 4.78 is 29.0. The van der Waals surface area contributed by atoms with Gasteiger partial charge in [0, 0.05) is 11.6 Å². The van der Waals surface area contributed by atoms with Gasteiger partial charge in [-0.05, 0) is 18.2 Å². The van der Waals surface area contributed by atoms with Crippen molar-refractivity contribution in [3.05, 3.63) is 68.3 Å². The number of ether oxygens (including phenoxy) is 1. The number of nitro groups is 2. The smallest absolute Gasteiger partial charge is 0.387 e. The zero-order valence-corrected chi connectivity index (χ0v) is 12.3. The summed E-state index contributed by atoms with van der Waals surface area (Å²) in [7, 11) is 0. The fourth-order valence-corrected chi connectivity index (χ4v) is 1.84. The Morgan fingerprint density at radius 2 is 1.84 bits per heavy atom. The first-order valence-corrected chi connectivity index (χ1v) is 6.64. The second kappa shape index (κ2) is 7.77. The van der Waals surface area contributed by atoms with Crippen LogP contribution in [0.3, 0.4) is 0 Å². The molecule has 0 heterocycles. The lowest BCUT2D eigenvalue weighted by atomic mass is 10.2. The fraction of sp³-hybridized carbons (Fsp3) is 0.0714. The van der Waals surface area contributed by atoms with Crippen molar-refractivity contribution < 1.29 is 23.4 Å². The number of non-ortho nitro benzene ring substituents is 1. The Kier molecular flexibility index (Phi) is 5.50. The lowest BCUT2D eigenvalue weighted by Gasteiger charge is -2.07. The van der Waals surface area contributed by atoms with Gasteiger partial charge in [-0.25, -0.2) is 0 Å². The monoisotopic (exact) mass is 352 g/mol. The van der Waals surface area contributed by atoms with E-state index in [2.05, 4.69) is 15.3 Å². The van der Waals surface area contributed by atoms with Gasteiger partial charge in [-0.1, -0.05) is 12.1 Å². The molecule has 0 radical (unpaired) electrons. The number of alkyl halides is 2. The molecule has 0 saturated carbocycles. The number of nitrogens with one attached hydrogen (secondary N) is 1. The van der Waals surface area contributed by atoms with Crippen molar-refractivity contribution in [2.75, 3.05) is 5.43 Å². The van der Waals surface area contributed by atoms with Crippen molar-refractivity contribution >= 4 is 23.3 Å². The third-order valence-electron chi connectivity index (χ3n) is 2.91. The van der Waals surface area contributed by atoms with Crippen molar-refractivity contribution in [1.29, 1.82) is 0 Å². The molecule has 0 aliphatic heterocycles. The zero-order valence-electron chi connectivity index (χ0n) is 12.3. The van der Waals surface area contributed by atoms with Crippen molar-refractivity contribution in [2.24, 2.45) is 5.10 Å². The van der Waals surface area contributed by atoms with Gasteiger partial charge in [0.25, 0.3) is 5.69 Å². The molecular weight excluding hydrogens is 342 g/mol. The van der Waals surface area contributed by atoms with Crippen LogP contribution in [0.1, 0.15) is 5.56 Å². The maximum atomic E-state index is 12.3. The van der Waals surface area contributed by atoms with Crippen LogP contribution >= 0.6 is 0 Å². The van der Waals surface area contributed by atoms with Gasteiger partial charge >= 0.3 is 12.3 Å². The van der Waals surface area contributed by atoms with Crippen LogP contribution < -0.4 is 10.2 Å². The Balaban J connectivity index is 2.23. The van der Waals surface area contributed by atoms with Crippen LogP contribution in [0.4, 0.5) is 25.8 Å². The third-order valence-corrected chi connectivity index (χ3v) is 2.91. The summed E-state index contributed by atoms with van der Waals surface area (Å²) >= 11 is 0. The molecule has 11 heteroatoms. The highest BCUT2D eigenvalue weighted by molar-refractivity contribution is 5.84. The highest BCUT2D eigenvalue weighted by Crippen LogP contribution is 2.29. The number of hydrogen-bond donors (Lipinski definition) is 1. The van der Waals surface area contributed by atoms with E-state index in [1.807, 2.05) is 0 Å². The van der Waals surface area contributed by atoms with Gasteiger partial charge in [0.1, 0.15) is 11.4 Å². The number of benzene rings is 2. The minimum absolute atomic E-state index is 0.0980. The zero-order chi connectivity index (χ0) is 18.4. The fourth-order valence-electron chi connectivity index (χ4n) is 1.84. The standard InChI is InChI=1S/C14H10F2N4O5/c15-14(16)25-13-4-2-1-3-9(13)8-17-18-11-6-5-10(19(21)22)7-12(11)20(23)24/h1-8,14,18H/b17-8+. The molecule has 1 N–H and O–H groups in total. The number of nitro benzene ring substituents is 2. The molecule has 0 amide bonds. The predicted molar refractivity (Wildman–Crippen MR) is 84.0 cm³/mol. The number of halogens is 2. The van der Waals surface area contributed by atoms with Crippen molar-refractivity contribution in [1.82, 2.24) is 0 Å². The lowest BCUT2D eigenvalue weighted by Crippen LogP contribution is -2.04.